The molecule has 6 heteroatoms. The van der Waals surface area contributed by atoms with Gasteiger partial charge in [-0.2, -0.15) is 0 Å². The lowest BCUT2D eigenvalue weighted by Crippen LogP contribution is -2.49. The van der Waals surface area contributed by atoms with Crippen molar-refractivity contribution in [3.8, 4) is 5.75 Å². The lowest BCUT2D eigenvalue weighted by molar-refractivity contribution is -0.131. The smallest absolute Gasteiger partial charge is 0.315 e. The van der Waals surface area contributed by atoms with Crippen molar-refractivity contribution in [2.24, 2.45) is 0 Å². The summed E-state index contributed by atoms with van der Waals surface area (Å²) in [7, 11) is 1.71. The molecule has 0 spiro atoms. The van der Waals surface area contributed by atoms with Gasteiger partial charge in [-0.3, -0.25) is 4.79 Å². The van der Waals surface area contributed by atoms with Gasteiger partial charge in [0.25, 0.3) is 0 Å². The molecule has 2 aromatic carbocycles. The summed E-state index contributed by atoms with van der Waals surface area (Å²) in [6.45, 7) is 5.17. The van der Waals surface area contributed by atoms with Gasteiger partial charge in [0.15, 0.2) is 0 Å². The normalized spacial score (nSPS) is 11.4. The Labute approximate surface area is 166 Å². The number of nitrogens with zero attached hydrogens (tertiary/aromatic N) is 1. The van der Waals surface area contributed by atoms with Crippen molar-refractivity contribution in [2.45, 2.75) is 32.9 Å². The van der Waals surface area contributed by atoms with Crippen LogP contribution >= 0.6 is 0 Å². The molecule has 0 aliphatic heterocycles. The minimum absolute atomic E-state index is 0.110. The second-order valence-electron chi connectivity index (χ2n) is 6.65. The monoisotopic (exact) mass is 383 g/mol. The Bertz CT molecular complexity index is 765. The maximum absolute atomic E-state index is 12.0. The predicted molar refractivity (Wildman–Crippen MR) is 110 cm³/mol. The Morgan fingerprint density at radius 3 is 2.50 bits per heavy atom. The highest BCUT2D eigenvalue weighted by Crippen LogP contribution is 2.15. The van der Waals surface area contributed by atoms with Crippen LogP contribution in [-0.2, 0) is 17.8 Å². The molecule has 3 amide bonds. The fraction of sp³-hybridized carbons (Fsp3) is 0.364. The SMILES string of the molecule is CCN(C)C(=O)[C@H](C)NC(=O)NCCc1cccc(OCc2ccccc2)c1. The van der Waals surface area contributed by atoms with Gasteiger partial charge in [-0.1, -0.05) is 42.5 Å². The first-order valence-corrected chi connectivity index (χ1v) is 9.54. The molecule has 0 unspecified atom stereocenters. The van der Waals surface area contributed by atoms with Gasteiger partial charge in [-0.15, -0.1) is 0 Å². The zero-order valence-corrected chi connectivity index (χ0v) is 16.8. The maximum atomic E-state index is 12.0. The number of rotatable bonds is 9. The van der Waals surface area contributed by atoms with Crippen molar-refractivity contribution in [3.63, 3.8) is 0 Å². The molecule has 1 atom stereocenters. The summed E-state index contributed by atoms with van der Waals surface area (Å²) >= 11 is 0. The van der Waals surface area contributed by atoms with Gasteiger partial charge >= 0.3 is 6.03 Å². The number of benzene rings is 2. The third-order valence-electron chi connectivity index (χ3n) is 4.41. The molecule has 2 aromatic rings. The first kappa shape index (κ1) is 21.3. The Balaban J connectivity index is 1.75. The van der Waals surface area contributed by atoms with Crippen LogP contribution < -0.4 is 15.4 Å². The molecule has 28 heavy (non-hydrogen) atoms. The van der Waals surface area contributed by atoms with E-state index in [-0.39, 0.29) is 11.9 Å². The van der Waals surface area contributed by atoms with E-state index in [9.17, 15) is 9.59 Å². The minimum Gasteiger partial charge on any atom is -0.489 e. The van der Waals surface area contributed by atoms with Gasteiger partial charge in [0.2, 0.25) is 5.91 Å². The third-order valence-corrected chi connectivity index (χ3v) is 4.41. The van der Waals surface area contributed by atoms with Crippen LogP contribution in [0.1, 0.15) is 25.0 Å². The Hall–Kier alpha value is -3.02. The lowest BCUT2D eigenvalue weighted by atomic mass is 10.1. The van der Waals surface area contributed by atoms with E-state index >= 15 is 0 Å². The van der Waals surface area contributed by atoms with Crippen molar-refractivity contribution in [3.05, 3.63) is 65.7 Å². The highest BCUT2D eigenvalue weighted by Gasteiger charge is 2.17. The maximum Gasteiger partial charge on any atom is 0.315 e. The number of nitrogens with one attached hydrogen (secondary N) is 2. The Morgan fingerprint density at radius 1 is 1.07 bits per heavy atom. The zero-order chi connectivity index (χ0) is 20.4. The van der Waals surface area contributed by atoms with E-state index in [4.69, 9.17) is 4.74 Å². The number of hydrogen-bond donors (Lipinski definition) is 2. The van der Waals surface area contributed by atoms with E-state index in [2.05, 4.69) is 10.6 Å². The number of urea groups is 1. The molecular formula is C22H29N3O3. The van der Waals surface area contributed by atoms with Crippen LogP contribution in [0.25, 0.3) is 0 Å². The molecule has 0 saturated carbocycles. The van der Waals surface area contributed by atoms with Gasteiger partial charge in [0, 0.05) is 20.1 Å². The van der Waals surface area contributed by atoms with Gasteiger partial charge in [0.1, 0.15) is 18.4 Å². The fourth-order valence-corrected chi connectivity index (χ4v) is 2.65. The number of carbonyl (C=O) groups excluding carboxylic acids is 2. The topological polar surface area (TPSA) is 70.7 Å². The molecule has 0 aliphatic carbocycles. The van der Waals surface area contributed by atoms with E-state index in [1.807, 2.05) is 61.5 Å². The fourth-order valence-electron chi connectivity index (χ4n) is 2.65. The van der Waals surface area contributed by atoms with Gasteiger partial charge in [0.05, 0.1) is 0 Å². The van der Waals surface area contributed by atoms with Crippen molar-refractivity contribution in [1.29, 1.82) is 0 Å². The summed E-state index contributed by atoms with van der Waals surface area (Å²) in [5.41, 5.74) is 2.18. The Kier molecular flexibility index (Phi) is 8.34. The van der Waals surface area contributed by atoms with E-state index in [1.165, 1.54) is 0 Å². The van der Waals surface area contributed by atoms with Crippen LogP contribution in [0.15, 0.2) is 54.6 Å². The van der Waals surface area contributed by atoms with E-state index < -0.39 is 6.04 Å². The number of likely N-dealkylation sites (N-methyl/N-ethyl adjacent to an activating group) is 1. The molecule has 0 aliphatic rings. The molecule has 0 bridgehead atoms. The third kappa shape index (κ3) is 6.95. The predicted octanol–water partition coefficient (Wildman–Crippen LogP) is 2.97. The van der Waals surface area contributed by atoms with E-state index in [0.29, 0.717) is 26.1 Å². The van der Waals surface area contributed by atoms with Crippen LogP contribution in [0.4, 0.5) is 4.79 Å². The summed E-state index contributed by atoms with van der Waals surface area (Å²) in [6, 6.07) is 16.9. The average molecular weight is 383 g/mol. The average Bonchev–Trinajstić information content (AvgIpc) is 2.72. The molecule has 2 rings (SSSR count). The summed E-state index contributed by atoms with van der Waals surface area (Å²) in [5, 5.41) is 5.45. The molecule has 0 radical (unpaired) electrons. The van der Waals surface area contributed by atoms with E-state index in [0.717, 1.165) is 16.9 Å². The van der Waals surface area contributed by atoms with Crippen molar-refractivity contribution < 1.29 is 14.3 Å². The second kappa shape index (κ2) is 11.0. The van der Waals surface area contributed by atoms with Crippen LogP contribution in [0.2, 0.25) is 0 Å². The number of carbonyl (C=O) groups is 2. The molecule has 0 heterocycles. The number of amides is 3. The molecule has 0 saturated heterocycles. The van der Waals surface area contributed by atoms with Crippen molar-refractivity contribution in [1.82, 2.24) is 15.5 Å². The lowest BCUT2D eigenvalue weighted by Gasteiger charge is -2.20. The van der Waals surface area contributed by atoms with Crippen LogP contribution in [0.3, 0.4) is 0 Å². The first-order chi connectivity index (χ1) is 13.5. The molecule has 0 fully saturated rings. The quantitative estimate of drug-likeness (QED) is 0.699. The van der Waals surface area contributed by atoms with Crippen molar-refractivity contribution >= 4 is 11.9 Å². The van der Waals surface area contributed by atoms with Gasteiger partial charge < -0.3 is 20.3 Å². The van der Waals surface area contributed by atoms with E-state index in [1.54, 1.807) is 18.9 Å². The van der Waals surface area contributed by atoms with Crippen LogP contribution in [0, 0.1) is 0 Å². The summed E-state index contributed by atoms with van der Waals surface area (Å²) in [5.74, 6) is 0.688. The van der Waals surface area contributed by atoms with Crippen LogP contribution in [0.5, 0.6) is 5.75 Å². The van der Waals surface area contributed by atoms with Crippen LogP contribution in [-0.4, -0.2) is 43.0 Å². The highest BCUT2D eigenvalue weighted by atomic mass is 16.5. The number of ether oxygens (including phenoxy) is 1. The minimum atomic E-state index is -0.556. The second-order valence-corrected chi connectivity index (χ2v) is 6.65. The molecule has 0 aromatic heterocycles. The first-order valence-electron chi connectivity index (χ1n) is 9.54. The summed E-state index contributed by atoms with van der Waals surface area (Å²) in [6.07, 6.45) is 0.674. The molecule has 6 nitrogen and oxygen atoms in total. The van der Waals surface area contributed by atoms with Gasteiger partial charge in [-0.25, -0.2) is 4.79 Å². The Morgan fingerprint density at radius 2 is 1.79 bits per heavy atom. The number of hydrogen-bond acceptors (Lipinski definition) is 3. The molecule has 2 N–H and O–H groups in total. The zero-order valence-electron chi connectivity index (χ0n) is 16.8. The highest BCUT2D eigenvalue weighted by molar-refractivity contribution is 5.86. The largest absolute Gasteiger partial charge is 0.489 e. The summed E-state index contributed by atoms with van der Waals surface area (Å²) < 4.78 is 5.83. The summed E-state index contributed by atoms with van der Waals surface area (Å²) in [4.78, 5) is 25.5. The standard InChI is InChI=1S/C22H29N3O3/c1-4-25(3)21(26)17(2)24-22(27)23-14-13-18-11-8-12-20(15-18)28-16-19-9-6-5-7-10-19/h5-12,15,17H,4,13-14,16H2,1-3H3,(H2,23,24,27)/t17-/m0/s1. The van der Waals surface area contributed by atoms with Crippen molar-refractivity contribution in [2.75, 3.05) is 20.1 Å². The van der Waals surface area contributed by atoms with Gasteiger partial charge in [-0.05, 0) is 43.5 Å². The molecule has 150 valence electrons. The molecular weight excluding hydrogens is 354 g/mol.